The second kappa shape index (κ2) is 4.49. The van der Waals surface area contributed by atoms with Crippen molar-refractivity contribution in [2.24, 2.45) is 0 Å². The zero-order valence-corrected chi connectivity index (χ0v) is 11.8. The highest BCUT2D eigenvalue weighted by atomic mass is 16.1. The summed E-state index contributed by atoms with van der Waals surface area (Å²) in [5.74, 6) is 0.198. The van der Waals surface area contributed by atoms with Crippen molar-refractivity contribution in [2.75, 3.05) is 6.54 Å². The van der Waals surface area contributed by atoms with Gasteiger partial charge in [0.05, 0.1) is 6.54 Å². The molecule has 1 aliphatic carbocycles. The molecular formula is C16H20N2O. The van der Waals surface area contributed by atoms with Crippen molar-refractivity contribution in [2.45, 2.75) is 39.7 Å². The average molecular weight is 256 g/mol. The number of fused-ring (bicyclic) bond motifs is 1. The SMILES string of the molecule is Cc1[nH]c2c(C)ccc(C)c2c1C(=O)CNC1CC1. The van der Waals surface area contributed by atoms with Crippen LogP contribution >= 0.6 is 0 Å². The Labute approximate surface area is 113 Å². The van der Waals surface area contributed by atoms with Gasteiger partial charge in [0.15, 0.2) is 5.78 Å². The standard InChI is InChI=1S/C16H20N2O/c1-9-4-5-10(2)16-14(9)15(11(3)18-16)13(19)8-17-12-6-7-12/h4-5,12,17-18H,6-8H2,1-3H3. The number of carbonyl (C=O) groups excluding carboxylic acids is 1. The number of benzene rings is 1. The number of nitrogens with one attached hydrogen (secondary N) is 2. The normalized spacial score (nSPS) is 15.1. The number of Topliss-reactive ketones (excluding diaryl/α,β-unsaturated/α-hetero) is 1. The molecule has 3 nitrogen and oxygen atoms in total. The van der Waals surface area contributed by atoms with Gasteiger partial charge in [-0.15, -0.1) is 0 Å². The molecule has 0 unspecified atom stereocenters. The summed E-state index contributed by atoms with van der Waals surface area (Å²) in [7, 11) is 0. The van der Waals surface area contributed by atoms with Crippen LogP contribution < -0.4 is 5.32 Å². The Morgan fingerprint density at radius 2 is 1.95 bits per heavy atom. The highest BCUT2D eigenvalue weighted by Gasteiger charge is 2.23. The van der Waals surface area contributed by atoms with Gasteiger partial charge in [0.2, 0.25) is 0 Å². The molecule has 1 aromatic carbocycles. The van der Waals surface area contributed by atoms with E-state index in [-0.39, 0.29) is 5.78 Å². The van der Waals surface area contributed by atoms with E-state index in [1.54, 1.807) is 0 Å². The van der Waals surface area contributed by atoms with Crippen molar-refractivity contribution in [3.63, 3.8) is 0 Å². The highest BCUT2D eigenvalue weighted by Crippen LogP contribution is 2.28. The lowest BCUT2D eigenvalue weighted by Gasteiger charge is -2.05. The molecule has 0 saturated heterocycles. The molecule has 1 fully saturated rings. The van der Waals surface area contributed by atoms with E-state index in [4.69, 9.17) is 0 Å². The molecule has 0 atom stereocenters. The Kier molecular flexibility index (Phi) is 2.94. The number of carbonyl (C=O) groups is 1. The predicted octanol–water partition coefficient (Wildman–Crippen LogP) is 3.03. The number of aromatic nitrogens is 1. The molecule has 1 aromatic heterocycles. The third kappa shape index (κ3) is 2.19. The molecule has 100 valence electrons. The van der Waals surface area contributed by atoms with E-state index in [2.05, 4.69) is 36.3 Å². The van der Waals surface area contributed by atoms with E-state index in [9.17, 15) is 4.79 Å². The largest absolute Gasteiger partial charge is 0.358 e. The van der Waals surface area contributed by atoms with Crippen molar-refractivity contribution in [1.29, 1.82) is 0 Å². The van der Waals surface area contributed by atoms with Gasteiger partial charge in [0.25, 0.3) is 0 Å². The Morgan fingerprint density at radius 3 is 2.63 bits per heavy atom. The molecule has 0 spiro atoms. The lowest BCUT2D eigenvalue weighted by Crippen LogP contribution is -2.25. The molecule has 3 heteroatoms. The fourth-order valence-corrected chi connectivity index (χ4v) is 2.69. The Morgan fingerprint density at radius 1 is 1.26 bits per heavy atom. The maximum Gasteiger partial charge on any atom is 0.179 e. The zero-order valence-electron chi connectivity index (χ0n) is 11.8. The summed E-state index contributed by atoms with van der Waals surface area (Å²) in [4.78, 5) is 15.8. The molecule has 2 N–H and O–H groups in total. The van der Waals surface area contributed by atoms with E-state index in [0.717, 1.165) is 22.2 Å². The molecule has 0 radical (unpaired) electrons. The number of rotatable bonds is 4. The van der Waals surface area contributed by atoms with Crippen LogP contribution in [0.1, 0.15) is 40.0 Å². The first-order chi connectivity index (χ1) is 9.08. The fraction of sp³-hybridized carbons (Fsp3) is 0.438. The third-order valence-corrected chi connectivity index (χ3v) is 3.97. The molecule has 3 rings (SSSR count). The van der Waals surface area contributed by atoms with E-state index in [1.165, 1.54) is 24.0 Å². The van der Waals surface area contributed by atoms with Crippen LogP contribution in [0.3, 0.4) is 0 Å². The Hall–Kier alpha value is -1.61. The lowest BCUT2D eigenvalue weighted by atomic mass is 10.0. The van der Waals surface area contributed by atoms with Crippen molar-refractivity contribution >= 4 is 16.7 Å². The molecule has 2 aromatic rings. The highest BCUT2D eigenvalue weighted by molar-refractivity contribution is 6.11. The van der Waals surface area contributed by atoms with Gasteiger partial charge in [-0.1, -0.05) is 12.1 Å². The summed E-state index contributed by atoms with van der Waals surface area (Å²) in [5.41, 5.74) is 5.31. The summed E-state index contributed by atoms with van der Waals surface area (Å²) >= 11 is 0. The predicted molar refractivity (Wildman–Crippen MR) is 77.9 cm³/mol. The second-order valence-corrected chi connectivity index (χ2v) is 5.65. The summed E-state index contributed by atoms with van der Waals surface area (Å²) in [5, 5.41) is 4.40. The van der Waals surface area contributed by atoms with Gasteiger partial charge < -0.3 is 10.3 Å². The van der Waals surface area contributed by atoms with Crippen molar-refractivity contribution in [1.82, 2.24) is 10.3 Å². The van der Waals surface area contributed by atoms with Crippen molar-refractivity contribution < 1.29 is 4.79 Å². The number of aromatic amines is 1. The summed E-state index contributed by atoms with van der Waals surface area (Å²) < 4.78 is 0. The van der Waals surface area contributed by atoms with Crippen LogP contribution in [-0.2, 0) is 0 Å². The number of hydrogen-bond acceptors (Lipinski definition) is 2. The van der Waals surface area contributed by atoms with Crippen molar-refractivity contribution in [3.05, 3.63) is 34.5 Å². The first-order valence-corrected chi connectivity index (χ1v) is 6.93. The second-order valence-electron chi connectivity index (χ2n) is 5.65. The summed E-state index contributed by atoms with van der Waals surface area (Å²) in [6.07, 6.45) is 2.41. The summed E-state index contributed by atoms with van der Waals surface area (Å²) in [6.45, 7) is 6.59. The van der Waals surface area contributed by atoms with Gasteiger partial charge in [-0.05, 0) is 44.7 Å². The van der Waals surface area contributed by atoms with Gasteiger partial charge in [0, 0.05) is 28.2 Å². The smallest absolute Gasteiger partial charge is 0.179 e. The van der Waals surface area contributed by atoms with Crippen LogP contribution in [0.15, 0.2) is 12.1 Å². The quantitative estimate of drug-likeness (QED) is 0.826. The molecule has 1 aliphatic rings. The van der Waals surface area contributed by atoms with Crippen LogP contribution in [0, 0.1) is 20.8 Å². The number of aryl methyl sites for hydroxylation is 3. The molecule has 0 bridgehead atoms. The van der Waals surface area contributed by atoms with Gasteiger partial charge in [-0.2, -0.15) is 0 Å². The average Bonchev–Trinajstić information content (AvgIpc) is 3.13. The van der Waals surface area contributed by atoms with E-state index >= 15 is 0 Å². The number of ketones is 1. The van der Waals surface area contributed by atoms with Crippen LogP contribution in [0.4, 0.5) is 0 Å². The van der Waals surface area contributed by atoms with E-state index in [1.807, 2.05) is 6.92 Å². The topological polar surface area (TPSA) is 44.9 Å². The van der Waals surface area contributed by atoms with Crippen LogP contribution in [-0.4, -0.2) is 23.4 Å². The molecule has 1 saturated carbocycles. The Balaban J connectivity index is 2.03. The lowest BCUT2D eigenvalue weighted by molar-refractivity contribution is 0.0991. The number of H-pyrrole nitrogens is 1. The van der Waals surface area contributed by atoms with E-state index < -0.39 is 0 Å². The van der Waals surface area contributed by atoms with Crippen LogP contribution in [0.25, 0.3) is 10.9 Å². The van der Waals surface area contributed by atoms with Gasteiger partial charge in [-0.25, -0.2) is 0 Å². The Bertz CT molecular complexity index is 650. The molecule has 0 aliphatic heterocycles. The maximum absolute atomic E-state index is 12.5. The minimum Gasteiger partial charge on any atom is -0.358 e. The minimum atomic E-state index is 0.198. The van der Waals surface area contributed by atoms with Gasteiger partial charge >= 0.3 is 0 Å². The maximum atomic E-state index is 12.5. The van der Waals surface area contributed by atoms with Crippen LogP contribution in [0.2, 0.25) is 0 Å². The monoisotopic (exact) mass is 256 g/mol. The number of hydrogen-bond donors (Lipinski definition) is 2. The fourth-order valence-electron chi connectivity index (χ4n) is 2.69. The minimum absolute atomic E-state index is 0.198. The summed E-state index contributed by atoms with van der Waals surface area (Å²) in [6, 6.07) is 4.76. The van der Waals surface area contributed by atoms with Crippen molar-refractivity contribution in [3.8, 4) is 0 Å². The first kappa shape index (κ1) is 12.4. The molecular weight excluding hydrogens is 236 g/mol. The molecule has 0 amide bonds. The van der Waals surface area contributed by atoms with Crippen LogP contribution in [0.5, 0.6) is 0 Å². The molecule has 19 heavy (non-hydrogen) atoms. The molecule has 1 heterocycles. The first-order valence-electron chi connectivity index (χ1n) is 6.93. The van der Waals surface area contributed by atoms with Gasteiger partial charge in [-0.3, -0.25) is 4.79 Å². The van der Waals surface area contributed by atoms with Gasteiger partial charge in [0.1, 0.15) is 0 Å². The third-order valence-electron chi connectivity index (χ3n) is 3.97. The van der Waals surface area contributed by atoms with E-state index in [0.29, 0.717) is 12.6 Å². The zero-order chi connectivity index (χ0) is 13.6.